The van der Waals surface area contributed by atoms with Crippen LogP contribution in [0.3, 0.4) is 0 Å². The van der Waals surface area contributed by atoms with Crippen molar-refractivity contribution in [3.63, 3.8) is 0 Å². The number of benzene rings is 1. The number of carbonyl (C=O) groups is 1. The summed E-state index contributed by atoms with van der Waals surface area (Å²) in [6, 6.07) is 4.90. The molecule has 0 radical (unpaired) electrons. The van der Waals surface area contributed by atoms with Crippen LogP contribution in [0.2, 0.25) is 0 Å². The number of aryl methyl sites for hydroxylation is 2. The van der Waals surface area contributed by atoms with Crippen molar-refractivity contribution in [1.82, 2.24) is 9.78 Å². The molecule has 0 fully saturated rings. The second kappa shape index (κ2) is 5.97. The molecule has 0 aliphatic carbocycles. The molecular formula is C13H12Br2N2O3. The molecule has 1 heterocycles. The van der Waals surface area contributed by atoms with Gasteiger partial charge in [-0.2, -0.15) is 5.10 Å². The van der Waals surface area contributed by atoms with E-state index in [1.807, 2.05) is 14.0 Å². The molecular weight excluding hydrogens is 392 g/mol. The van der Waals surface area contributed by atoms with Crippen molar-refractivity contribution in [1.29, 1.82) is 0 Å². The third-order valence-electron chi connectivity index (χ3n) is 2.81. The van der Waals surface area contributed by atoms with Gasteiger partial charge in [0.1, 0.15) is 17.9 Å². The van der Waals surface area contributed by atoms with Gasteiger partial charge >= 0.3 is 5.97 Å². The Balaban J connectivity index is 2.30. The summed E-state index contributed by atoms with van der Waals surface area (Å²) in [4.78, 5) is 11.2. The highest BCUT2D eigenvalue weighted by atomic mass is 79.9. The molecule has 0 aliphatic rings. The Kier molecular flexibility index (Phi) is 4.49. The van der Waals surface area contributed by atoms with E-state index in [4.69, 9.17) is 4.74 Å². The van der Waals surface area contributed by atoms with Crippen LogP contribution < -0.4 is 4.74 Å². The van der Waals surface area contributed by atoms with Crippen LogP contribution in [0.4, 0.5) is 0 Å². The number of hydrogen-bond donors (Lipinski definition) is 1. The number of aromatic carboxylic acids is 1. The summed E-state index contributed by atoms with van der Waals surface area (Å²) in [6.45, 7) is 2.11. The summed E-state index contributed by atoms with van der Waals surface area (Å²) in [7, 11) is 1.81. The molecule has 0 saturated carbocycles. The summed E-state index contributed by atoms with van der Waals surface area (Å²) in [5, 5.41) is 13.4. The van der Waals surface area contributed by atoms with Crippen LogP contribution >= 0.6 is 31.9 Å². The molecule has 2 rings (SSSR count). The van der Waals surface area contributed by atoms with Crippen molar-refractivity contribution in [2.45, 2.75) is 13.5 Å². The molecule has 20 heavy (non-hydrogen) atoms. The molecule has 0 unspecified atom stereocenters. The molecule has 7 heteroatoms. The van der Waals surface area contributed by atoms with Crippen LogP contribution in [0.15, 0.2) is 27.1 Å². The Morgan fingerprint density at radius 3 is 2.70 bits per heavy atom. The lowest BCUT2D eigenvalue weighted by atomic mass is 10.2. The first-order valence-corrected chi connectivity index (χ1v) is 7.33. The number of halogens is 2. The molecule has 1 aromatic heterocycles. The van der Waals surface area contributed by atoms with E-state index in [0.717, 1.165) is 15.9 Å². The number of carboxylic acid groups (broad SMARTS) is 1. The van der Waals surface area contributed by atoms with Crippen LogP contribution in [0.5, 0.6) is 5.75 Å². The summed E-state index contributed by atoms with van der Waals surface area (Å²) in [5.41, 5.74) is 1.82. The lowest BCUT2D eigenvalue weighted by Crippen LogP contribution is -2.07. The van der Waals surface area contributed by atoms with Gasteiger partial charge in [0.15, 0.2) is 0 Å². The van der Waals surface area contributed by atoms with Gasteiger partial charge in [0, 0.05) is 7.05 Å². The highest BCUT2D eigenvalue weighted by Gasteiger charge is 2.17. The van der Waals surface area contributed by atoms with Crippen LogP contribution in [0, 0.1) is 6.92 Å². The standard InChI is InChI=1S/C13H12Br2N2O3/c1-7-11(15)10(17(2)16-7)6-20-12-8(13(18)19)4-3-5-9(12)14/h3-5H,6H2,1-2H3,(H,18,19). The summed E-state index contributed by atoms with van der Waals surface area (Å²) in [6.07, 6.45) is 0. The zero-order valence-corrected chi connectivity index (χ0v) is 14.0. The van der Waals surface area contributed by atoms with Gasteiger partial charge in [-0.25, -0.2) is 4.79 Å². The highest BCUT2D eigenvalue weighted by Crippen LogP contribution is 2.31. The Morgan fingerprint density at radius 2 is 2.15 bits per heavy atom. The lowest BCUT2D eigenvalue weighted by Gasteiger charge is -2.11. The molecule has 0 atom stereocenters. The van der Waals surface area contributed by atoms with Crippen LogP contribution in [-0.2, 0) is 13.7 Å². The van der Waals surface area contributed by atoms with Crippen molar-refractivity contribution < 1.29 is 14.6 Å². The Morgan fingerprint density at radius 1 is 1.45 bits per heavy atom. The fourth-order valence-corrected chi connectivity index (χ4v) is 2.73. The smallest absolute Gasteiger partial charge is 0.339 e. The number of rotatable bonds is 4. The van der Waals surface area contributed by atoms with E-state index in [1.54, 1.807) is 16.8 Å². The maximum Gasteiger partial charge on any atom is 0.339 e. The van der Waals surface area contributed by atoms with Gasteiger partial charge in [-0.05, 0) is 50.9 Å². The molecule has 0 saturated heterocycles. The molecule has 0 amide bonds. The Labute approximate surface area is 132 Å². The normalized spacial score (nSPS) is 10.6. The highest BCUT2D eigenvalue weighted by molar-refractivity contribution is 9.10. The van der Waals surface area contributed by atoms with Crippen molar-refractivity contribution in [2.75, 3.05) is 0 Å². The van der Waals surface area contributed by atoms with Crippen molar-refractivity contribution in [3.8, 4) is 5.75 Å². The quantitative estimate of drug-likeness (QED) is 0.847. The number of hydrogen-bond acceptors (Lipinski definition) is 3. The van der Waals surface area contributed by atoms with E-state index in [-0.39, 0.29) is 12.2 Å². The lowest BCUT2D eigenvalue weighted by molar-refractivity contribution is 0.0691. The predicted molar refractivity (Wildman–Crippen MR) is 81.1 cm³/mol. The van der Waals surface area contributed by atoms with E-state index >= 15 is 0 Å². The van der Waals surface area contributed by atoms with Crippen molar-refractivity contribution >= 4 is 37.8 Å². The third kappa shape index (κ3) is 2.88. The molecule has 0 aliphatic heterocycles. The summed E-state index contributed by atoms with van der Waals surface area (Å²) in [5.74, 6) is -0.715. The molecule has 1 aromatic carbocycles. The van der Waals surface area contributed by atoms with Gasteiger partial charge in [-0.15, -0.1) is 0 Å². The molecule has 106 valence electrons. The fourth-order valence-electron chi connectivity index (χ4n) is 1.80. The zero-order valence-electron chi connectivity index (χ0n) is 10.9. The van der Waals surface area contributed by atoms with E-state index < -0.39 is 5.97 Å². The van der Waals surface area contributed by atoms with Crippen molar-refractivity contribution in [3.05, 3.63) is 44.1 Å². The van der Waals surface area contributed by atoms with Gasteiger partial charge in [-0.1, -0.05) is 6.07 Å². The second-order valence-corrected chi connectivity index (χ2v) is 5.83. The minimum Gasteiger partial charge on any atom is -0.485 e. The number of nitrogens with zero attached hydrogens (tertiary/aromatic N) is 2. The van der Waals surface area contributed by atoms with Crippen LogP contribution in [-0.4, -0.2) is 20.9 Å². The van der Waals surface area contributed by atoms with Gasteiger partial charge in [0.2, 0.25) is 0 Å². The second-order valence-electron chi connectivity index (χ2n) is 4.18. The summed E-state index contributed by atoms with van der Waals surface area (Å²) < 4.78 is 8.85. The van der Waals surface area contributed by atoms with Crippen molar-refractivity contribution in [2.24, 2.45) is 7.05 Å². The third-order valence-corrected chi connectivity index (χ3v) is 4.47. The summed E-state index contributed by atoms with van der Waals surface area (Å²) >= 11 is 6.76. The van der Waals surface area contributed by atoms with Crippen LogP contribution in [0.1, 0.15) is 21.7 Å². The average Bonchev–Trinajstić information content (AvgIpc) is 2.62. The van der Waals surface area contributed by atoms with Gasteiger partial charge in [0.05, 0.1) is 20.3 Å². The maximum absolute atomic E-state index is 11.2. The molecule has 5 nitrogen and oxygen atoms in total. The zero-order chi connectivity index (χ0) is 14.9. The van der Waals surface area contributed by atoms with Gasteiger partial charge in [0.25, 0.3) is 0 Å². The van der Waals surface area contributed by atoms with Gasteiger partial charge < -0.3 is 9.84 Å². The largest absolute Gasteiger partial charge is 0.485 e. The van der Waals surface area contributed by atoms with E-state index in [2.05, 4.69) is 37.0 Å². The fraction of sp³-hybridized carbons (Fsp3) is 0.231. The Bertz CT molecular complexity index is 668. The molecule has 2 aromatic rings. The topological polar surface area (TPSA) is 64.4 Å². The predicted octanol–water partition coefficient (Wildman–Crippen LogP) is 3.53. The van der Waals surface area contributed by atoms with Crippen LogP contribution in [0.25, 0.3) is 0 Å². The number of para-hydroxylation sites is 1. The monoisotopic (exact) mass is 402 g/mol. The number of ether oxygens (including phenoxy) is 1. The first-order valence-electron chi connectivity index (χ1n) is 5.74. The minimum absolute atomic E-state index is 0.120. The number of aromatic nitrogens is 2. The molecule has 0 bridgehead atoms. The first kappa shape index (κ1) is 15.1. The minimum atomic E-state index is -1.03. The van der Waals surface area contributed by atoms with E-state index in [0.29, 0.717) is 10.2 Å². The Hall–Kier alpha value is -1.34. The van der Waals surface area contributed by atoms with E-state index in [1.165, 1.54) is 6.07 Å². The van der Waals surface area contributed by atoms with Gasteiger partial charge in [-0.3, -0.25) is 4.68 Å². The average molecular weight is 404 g/mol. The number of carboxylic acids is 1. The molecule has 1 N–H and O–H groups in total. The first-order chi connectivity index (χ1) is 9.41. The maximum atomic E-state index is 11.2. The SMILES string of the molecule is Cc1nn(C)c(COc2c(Br)cccc2C(=O)O)c1Br. The van der Waals surface area contributed by atoms with E-state index in [9.17, 15) is 9.90 Å². The molecule has 0 spiro atoms.